The van der Waals surface area contributed by atoms with Gasteiger partial charge in [-0.1, -0.05) is 59.4 Å². The Morgan fingerprint density at radius 2 is 1.85 bits per heavy atom. The Labute approximate surface area is 160 Å². The van der Waals surface area contributed by atoms with E-state index in [2.05, 4.69) is 4.98 Å². The number of rotatable bonds is 4. The molecule has 134 valence electrons. The SMILES string of the molecule is Cc1cccc(C(=O)N(Cc2ccccc2)c2nc3ccc(F)cc3s2)c1. The van der Waals surface area contributed by atoms with E-state index in [0.29, 0.717) is 22.8 Å². The standard InChI is InChI=1S/C22H17FN2OS/c1-15-6-5-9-17(12-15)21(26)25(14-16-7-3-2-4-8-16)22-24-19-11-10-18(23)13-20(19)27-22/h2-13H,14H2,1H3. The number of fused-ring (bicyclic) bond motifs is 1. The minimum atomic E-state index is -0.308. The van der Waals surface area contributed by atoms with E-state index in [1.54, 1.807) is 17.0 Å². The maximum Gasteiger partial charge on any atom is 0.260 e. The normalized spacial score (nSPS) is 10.9. The Balaban J connectivity index is 1.77. The molecule has 4 aromatic rings. The molecule has 0 aliphatic heterocycles. The molecule has 1 aromatic heterocycles. The number of halogens is 1. The highest BCUT2D eigenvalue weighted by Crippen LogP contribution is 2.31. The second-order valence-electron chi connectivity index (χ2n) is 6.35. The lowest BCUT2D eigenvalue weighted by atomic mass is 10.1. The van der Waals surface area contributed by atoms with Crippen molar-refractivity contribution in [1.82, 2.24) is 4.98 Å². The van der Waals surface area contributed by atoms with E-state index in [1.807, 2.05) is 55.5 Å². The van der Waals surface area contributed by atoms with E-state index >= 15 is 0 Å². The molecule has 0 fully saturated rings. The number of benzene rings is 3. The molecule has 3 nitrogen and oxygen atoms in total. The van der Waals surface area contributed by atoms with Crippen LogP contribution in [0, 0.1) is 12.7 Å². The van der Waals surface area contributed by atoms with Crippen molar-refractivity contribution in [2.75, 3.05) is 4.90 Å². The maximum absolute atomic E-state index is 13.6. The fourth-order valence-corrected chi connectivity index (χ4v) is 3.92. The van der Waals surface area contributed by atoms with Crippen molar-refractivity contribution in [3.8, 4) is 0 Å². The van der Waals surface area contributed by atoms with Crippen LogP contribution < -0.4 is 4.90 Å². The number of nitrogens with zero attached hydrogens (tertiary/aromatic N) is 2. The van der Waals surface area contributed by atoms with Gasteiger partial charge in [-0.05, 0) is 42.8 Å². The molecule has 0 saturated carbocycles. The van der Waals surface area contributed by atoms with Crippen LogP contribution in [0.4, 0.5) is 9.52 Å². The summed E-state index contributed by atoms with van der Waals surface area (Å²) in [6.45, 7) is 2.36. The van der Waals surface area contributed by atoms with E-state index in [4.69, 9.17) is 0 Å². The van der Waals surface area contributed by atoms with Crippen LogP contribution >= 0.6 is 11.3 Å². The highest BCUT2D eigenvalue weighted by atomic mass is 32.1. The first kappa shape index (κ1) is 17.4. The molecule has 0 radical (unpaired) electrons. The molecule has 4 rings (SSSR count). The third-order valence-electron chi connectivity index (χ3n) is 4.26. The van der Waals surface area contributed by atoms with Crippen LogP contribution in [0.25, 0.3) is 10.2 Å². The van der Waals surface area contributed by atoms with Crippen molar-refractivity contribution < 1.29 is 9.18 Å². The molecule has 0 spiro atoms. The lowest BCUT2D eigenvalue weighted by Crippen LogP contribution is -2.30. The molecule has 0 aliphatic carbocycles. The van der Waals surface area contributed by atoms with Crippen molar-refractivity contribution in [3.05, 3.63) is 95.3 Å². The molecule has 0 unspecified atom stereocenters. The zero-order valence-corrected chi connectivity index (χ0v) is 15.5. The number of aromatic nitrogens is 1. The Bertz CT molecular complexity index is 1110. The van der Waals surface area contributed by atoms with Gasteiger partial charge in [-0.15, -0.1) is 0 Å². The van der Waals surface area contributed by atoms with Gasteiger partial charge in [0, 0.05) is 5.56 Å². The summed E-state index contributed by atoms with van der Waals surface area (Å²) >= 11 is 1.32. The molecule has 0 bridgehead atoms. The first-order valence-electron chi connectivity index (χ1n) is 8.59. The predicted molar refractivity (Wildman–Crippen MR) is 108 cm³/mol. The number of carbonyl (C=O) groups is 1. The molecular weight excluding hydrogens is 359 g/mol. The van der Waals surface area contributed by atoms with Crippen LogP contribution in [0.3, 0.4) is 0 Å². The van der Waals surface area contributed by atoms with E-state index in [9.17, 15) is 9.18 Å². The van der Waals surface area contributed by atoms with Gasteiger partial charge >= 0.3 is 0 Å². The zero-order chi connectivity index (χ0) is 18.8. The minimum Gasteiger partial charge on any atom is -0.279 e. The molecule has 3 aromatic carbocycles. The van der Waals surface area contributed by atoms with E-state index in [1.165, 1.54) is 23.5 Å². The van der Waals surface area contributed by atoms with Crippen molar-refractivity contribution in [2.45, 2.75) is 13.5 Å². The van der Waals surface area contributed by atoms with E-state index in [-0.39, 0.29) is 11.7 Å². The second kappa shape index (κ2) is 7.29. The van der Waals surface area contributed by atoms with Gasteiger partial charge < -0.3 is 0 Å². The topological polar surface area (TPSA) is 33.2 Å². The molecule has 0 atom stereocenters. The first-order chi connectivity index (χ1) is 13.1. The average Bonchev–Trinajstić information content (AvgIpc) is 3.09. The van der Waals surface area contributed by atoms with Crippen molar-refractivity contribution in [1.29, 1.82) is 0 Å². The molecule has 1 amide bonds. The summed E-state index contributed by atoms with van der Waals surface area (Å²) in [7, 11) is 0. The van der Waals surface area contributed by atoms with Gasteiger partial charge in [0.1, 0.15) is 5.82 Å². The summed E-state index contributed by atoms with van der Waals surface area (Å²) < 4.78 is 14.3. The molecule has 0 N–H and O–H groups in total. The largest absolute Gasteiger partial charge is 0.279 e. The third-order valence-corrected chi connectivity index (χ3v) is 5.30. The predicted octanol–water partition coefficient (Wildman–Crippen LogP) is 5.59. The van der Waals surface area contributed by atoms with Gasteiger partial charge in [-0.25, -0.2) is 9.37 Å². The van der Waals surface area contributed by atoms with Gasteiger partial charge in [-0.2, -0.15) is 0 Å². The number of amides is 1. The Morgan fingerprint density at radius 3 is 2.63 bits per heavy atom. The van der Waals surface area contributed by atoms with E-state index < -0.39 is 0 Å². The summed E-state index contributed by atoms with van der Waals surface area (Å²) in [5.74, 6) is -0.431. The van der Waals surface area contributed by atoms with Gasteiger partial charge in [0.25, 0.3) is 5.91 Å². The van der Waals surface area contributed by atoms with Crippen LogP contribution in [-0.4, -0.2) is 10.9 Å². The molecule has 0 aliphatic rings. The fourth-order valence-electron chi connectivity index (χ4n) is 2.93. The highest BCUT2D eigenvalue weighted by Gasteiger charge is 2.22. The van der Waals surface area contributed by atoms with Gasteiger partial charge in [0.2, 0.25) is 0 Å². The smallest absolute Gasteiger partial charge is 0.260 e. The monoisotopic (exact) mass is 376 g/mol. The number of anilines is 1. The van der Waals surface area contributed by atoms with Crippen molar-refractivity contribution >= 4 is 32.6 Å². The summed E-state index contributed by atoms with van der Waals surface area (Å²) in [4.78, 5) is 19.5. The summed E-state index contributed by atoms with van der Waals surface area (Å²) in [6.07, 6.45) is 0. The molecule has 1 heterocycles. The second-order valence-corrected chi connectivity index (χ2v) is 7.36. The van der Waals surface area contributed by atoms with Crippen LogP contribution in [0.1, 0.15) is 21.5 Å². The Hall–Kier alpha value is -3.05. The van der Waals surface area contributed by atoms with Gasteiger partial charge in [0.05, 0.1) is 16.8 Å². The Morgan fingerprint density at radius 1 is 1.04 bits per heavy atom. The zero-order valence-electron chi connectivity index (χ0n) is 14.7. The number of aryl methyl sites for hydroxylation is 1. The lowest BCUT2D eigenvalue weighted by Gasteiger charge is -2.20. The third kappa shape index (κ3) is 3.73. The van der Waals surface area contributed by atoms with Gasteiger partial charge in [-0.3, -0.25) is 9.69 Å². The van der Waals surface area contributed by atoms with Crippen LogP contribution in [0.5, 0.6) is 0 Å². The highest BCUT2D eigenvalue weighted by molar-refractivity contribution is 7.22. The number of hydrogen-bond donors (Lipinski definition) is 0. The van der Waals surface area contributed by atoms with E-state index in [0.717, 1.165) is 15.8 Å². The lowest BCUT2D eigenvalue weighted by molar-refractivity contribution is 0.0985. The number of thiazole rings is 1. The summed E-state index contributed by atoms with van der Waals surface area (Å²) in [5.41, 5.74) is 3.32. The maximum atomic E-state index is 13.6. The molecule has 5 heteroatoms. The molecule has 27 heavy (non-hydrogen) atoms. The van der Waals surface area contributed by atoms with Crippen LogP contribution in [0.15, 0.2) is 72.8 Å². The quantitative estimate of drug-likeness (QED) is 0.465. The molecular formula is C22H17FN2OS. The number of hydrogen-bond acceptors (Lipinski definition) is 3. The summed E-state index contributed by atoms with van der Waals surface area (Å²) in [5, 5.41) is 0.561. The fraction of sp³-hybridized carbons (Fsp3) is 0.0909. The van der Waals surface area contributed by atoms with Gasteiger partial charge in [0.15, 0.2) is 5.13 Å². The minimum absolute atomic E-state index is 0.123. The average molecular weight is 376 g/mol. The summed E-state index contributed by atoms with van der Waals surface area (Å²) in [6, 6.07) is 21.8. The van der Waals surface area contributed by atoms with Crippen molar-refractivity contribution in [2.24, 2.45) is 0 Å². The number of carbonyl (C=O) groups excluding carboxylic acids is 1. The molecule has 0 saturated heterocycles. The van der Waals surface area contributed by atoms with Crippen LogP contribution in [0.2, 0.25) is 0 Å². The van der Waals surface area contributed by atoms with Crippen molar-refractivity contribution in [3.63, 3.8) is 0 Å². The first-order valence-corrected chi connectivity index (χ1v) is 9.40. The van der Waals surface area contributed by atoms with Crippen LogP contribution in [-0.2, 0) is 6.54 Å². The Kier molecular flexibility index (Phi) is 4.69.